The summed E-state index contributed by atoms with van der Waals surface area (Å²) in [5, 5.41) is 0. The average molecular weight is 335 g/mol. The topological polar surface area (TPSA) is 52.3 Å². The van der Waals surface area contributed by atoms with Crippen LogP contribution in [0.5, 0.6) is 11.5 Å². The van der Waals surface area contributed by atoms with Crippen LogP contribution in [-0.4, -0.2) is 11.8 Å². The van der Waals surface area contributed by atoms with Gasteiger partial charge in [-0.2, -0.15) is 0 Å². The second-order valence-electron chi connectivity index (χ2n) is 6.11. The van der Waals surface area contributed by atoms with Crippen LogP contribution in [-0.2, 0) is 5.41 Å². The SMILES string of the molecule is CC(F)(F)C1(c2ccc(Oc3ccc(C(N)=O)cc3F)cc2)CC1. The van der Waals surface area contributed by atoms with E-state index in [0.717, 1.165) is 13.0 Å². The first kappa shape index (κ1) is 16.4. The molecule has 1 amide bonds. The van der Waals surface area contributed by atoms with E-state index in [2.05, 4.69) is 0 Å². The number of rotatable bonds is 5. The molecule has 0 spiro atoms. The summed E-state index contributed by atoms with van der Waals surface area (Å²) in [5.74, 6) is -4.00. The molecule has 2 aromatic carbocycles. The van der Waals surface area contributed by atoms with Crippen molar-refractivity contribution in [1.29, 1.82) is 0 Å². The summed E-state index contributed by atoms with van der Waals surface area (Å²) in [6.45, 7) is 0.931. The summed E-state index contributed by atoms with van der Waals surface area (Å²) in [6.07, 6.45) is 0.889. The van der Waals surface area contributed by atoms with Gasteiger partial charge in [-0.05, 0) is 48.7 Å². The normalized spacial score (nSPS) is 15.8. The average Bonchev–Trinajstić information content (AvgIpc) is 3.31. The monoisotopic (exact) mass is 335 g/mol. The zero-order valence-electron chi connectivity index (χ0n) is 13.0. The second-order valence-corrected chi connectivity index (χ2v) is 6.11. The molecule has 1 aliphatic rings. The van der Waals surface area contributed by atoms with E-state index in [0.29, 0.717) is 24.2 Å². The number of alkyl halides is 2. The number of hydrogen-bond acceptors (Lipinski definition) is 2. The van der Waals surface area contributed by atoms with Crippen LogP contribution in [0.4, 0.5) is 13.2 Å². The van der Waals surface area contributed by atoms with E-state index in [9.17, 15) is 18.0 Å². The minimum atomic E-state index is -2.79. The molecule has 1 aliphatic carbocycles. The highest BCUT2D eigenvalue weighted by atomic mass is 19.3. The van der Waals surface area contributed by atoms with Gasteiger partial charge in [0.2, 0.25) is 5.91 Å². The highest BCUT2D eigenvalue weighted by molar-refractivity contribution is 5.92. The van der Waals surface area contributed by atoms with Gasteiger partial charge in [-0.1, -0.05) is 12.1 Å². The van der Waals surface area contributed by atoms with Crippen molar-refractivity contribution in [3.05, 3.63) is 59.4 Å². The third-order valence-electron chi connectivity index (χ3n) is 4.44. The lowest BCUT2D eigenvalue weighted by molar-refractivity contribution is -0.0200. The lowest BCUT2D eigenvalue weighted by Gasteiger charge is -2.23. The van der Waals surface area contributed by atoms with Gasteiger partial charge >= 0.3 is 0 Å². The maximum Gasteiger partial charge on any atom is 0.254 e. The van der Waals surface area contributed by atoms with Crippen LogP contribution >= 0.6 is 0 Å². The number of primary amides is 1. The quantitative estimate of drug-likeness (QED) is 0.880. The minimum Gasteiger partial charge on any atom is -0.454 e. The van der Waals surface area contributed by atoms with Crippen LogP contribution in [0.15, 0.2) is 42.5 Å². The van der Waals surface area contributed by atoms with Crippen molar-refractivity contribution in [2.24, 2.45) is 5.73 Å². The van der Waals surface area contributed by atoms with Crippen molar-refractivity contribution in [3.8, 4) is 11.5 Å². The minimum absolute atomic E-state index is 0.0380. The molecule has 0 unspecified atom stereocenters. The van der Waals surface area contributed by atoms with Crippen LogP contribution in [0.2, 0.25) is 0 Å². The van der Waals surface area contributed by atoms with Gasteiger partial charge in [0.15, 0.2) is 11.6 Å². The summed E-state index contributed by atoms with van der Waals surface area (Å²) in [5.41, 5.74) is 4.56. The third-order valence-corrected chi connectivity index (χ3v) is 4.44. The number of hydrogen-bond donors (Lipinski definition) is 1. The molecule has 0 saturated heterocycles. The Labute approximate surface area is 137 Å². The van der Waals surface area contributed by atoms with Crippen molar-refractivity contribution in [2.75, 3.05) is 0 Å². The van der Waals surface area contributed by atoms with Crippen LogP contribution < -0.4 is 10.5 Å². The smallest absolute Gasteiger partial charge is 0.254 e. The maximum absolute atomic E-state index is 13.9. The first-order chi connectivity index (χ1) is 11.2. The van der Waals surface area contributed by atoms with Crippen LogP contribution in [0, 0.1) is 5.82 Å². The van der Waals surface area contributed by atoms with Crippen molar-refractivity contribution in [1.82, 2.24) is 0 Å². The van der Waals surface area contributed by atoms with E-state index in [1.165, 1.54) is 24.3 Å². The molecular weight excluding hydrogens is 319 g/mol. The maximum atomic E-state index is 13.9. The molecule has 0 atom stereocenters. The molecule has 24 heavy (non-hydrogen) atoms. The molecule has 0 bridgehead atoms. The molecule has 2 aromatic rings. The fraction of sp³-hybridized carbons (Fsp3) is 0.278. The van der Waals surface area contributed by atoms with E-state index in [4.69, 9.17) is 10.5 Å². The Kier molecular flexibility index (Phi) is 3.78. The molecule has 3 nitrogen and oxygen atoms in total. The molecule has 0 heterocycles. The zero-order chi connectivity index (χ0) is 17.5. The van der Waals surface area contributed by atoms with Gasteiger partial charge in [-0.15, -0.1) is 0 Å². The Morgan fingerprint density at radius 3 is 2.25 bits per heavy atom. The lowest BCUT2D eigenvalue weighted by Crippen LogP contribution is -2.29. The fourth-order valence-electron chi connectivity index (χ4n) is 2.81. The van der Waals surface area contributed by atoms with Gasteiger partial charge in [0.25, 0.3) is 5.92 Å². The van der Waals surface area contributed by atoms with Gasteiger partial charge in [0.1, 0.15) is 5.75 Å². The van der Waals surface area contributed by atoms with Gasteiger partial charge in [0, 0.05) is 12.5 Å². The molecule has 2 N–H and O–H groups in total. The zero-order valence-corrected chi connectivity index (χ0v) is 13.0. The van der Waals surface area contributed by atoms with E-state index >= 15 is 0 Å². The molecule has 1 saturated carbocycles. The number of ether oxygens (including phenoxy) is 1. The summed E-state index contributed by atoms with van der Waals surface area (Å²) in [6, 6.07) is 9.86. The predicted octanol–water partition coefficient (Wildman–Crippen LogP) is 4.40. The van der Waals surface area contributed by atoms with Gasteiger partial charge in [0.05, 0.1) is 5.41 Å². The number of carbonyl (C=O) groups excluding carboxylic acids is 1. The highest BCUT2D eigenvalue weighted by Gasteiger charge is 2.59. The standard InChI is InChI=1S/C18H16F3NO2/c1-17(20,21)18(8-9-18)12-3-5-13(6-4-12)24-15-7-2-11(16(22)23)10-14(15)19/h2-7,10H,8-9H2,1H3,(H2,22,23). The van der Waals surface area contributed by atoms with Crippen molar-refractivity contribution >= 4 is 5.91 Å². The van der Waals surface area contributed by atoms with E-state index in [1.807, 2.05) is 0 Å². The number of amides is 1. The van der Waals surface area contributed by atoms with Gasteiger partial charge in [-0.25, -0.2) is 13.2 Å². The second kappa shape index (κ2) is 5.54. The molecule has 126 valence electrons. The molecule has 0 aromatic heterocycles. The van der Waals surface area contributed by atoms with Crippen LogP contribution in [0.25, 0.3) is 0 Å². The Balaban J connectivity index is 1.79. The summed E-state index contributed by atoms with van der Waals surface area (Å²) in [7, 11) is 0. The number of halogens is 3. The number of benzene rings is 2. The van der Waals surface area contributed by atoms with Crippen molar-refractivity contribution in [2.45, 2.75) is 31.1 Å². The number of carbonyl (C=O) groups is 1. The van der Waals surface area contributed by atoms with E-state index in [1.54, 1.807) is 12.1 Å². The van der Waals surface area contributed by atoms with Crippen molar-refractivity contribution < 1.29 is 22.7 Å². The third kappa shape index (κ3) is 2.84. The molecule has 1 fully saturated rings. The van der Waals surface area contributed by atoms with E-state index < -0.39 is 23.1 Å². The summed E-state index contributed by atoms with van der Waals surface area (Å²) < 4.78 is 46.8. The highest BCUT2D eigenvalue weighted by Crippen LogP contribution is 2.58. The van der Waals surface area contributed by atoms with Gasteiger partial charge < -0.3 is 10.5 Å². The summed E-state index contributed by atoms with van der Waals surface area (Å²) >= 11 is 0. The number of nitrogens with two attached hydrogens (primary N) is 1. The van der Waals surface area contributed by atoms with Crippen LogP contribution in [0.1, 0.15) is 35.7 Å². The molecule has 0 radical (unpaired) electrons. The Bertz CT molecular complexity index is 778. The molecular formula is C18H16F3NO2. The largest absolute Gasteiger partial charge is 0.454 e. The van der Waals surface area contributed by atoms with Gasteiger partial charge in [-0.3, -0.25) is 4.79 Å². The predicted molar refractivity (Wildman–Crippen MR) is 83.0 cm³/mol. The molecule has 6 heteroatoms. The Hall–Kier alpha value is -2.50. The molecule has 3 rings (SSSR count). The first-order valence-electron chi connectivity index (χ1n) is 7.48. The van der Waals surface area contributed by atoms with Crippen molar-refractivity contribution in [3.63, 3.8) is 0 Å². The summed E-state index contributed by atoms with van der Waals surface area (Å²) in [4.78, 5) is 11.0. The molecule has 0 aliphatic heterocycles. The fourth-order valence-corrected chi connectivity index (χ4v) is 2.81. The van der Waals surface area contributed by atoms with E-state index in [-0.39, 0.29) is 11.3 Å². The Morgan fingerprint density at radius 1 is 1.17 bits per heavy atom. The Morgan fingerprint density at radius 2 is 1.79 bits per heavy atom. The lowest BCUT2D eigenvalue weighted by atomic mass is 9.90. The first-order valence-corrected chi connectivity index (χ1v) is 7.48. The van der Waals surface area contributed by atoms with Crippen LogP contribution in [0.3, 0.4) is 0 Å².